The van der Waals surface area contributed by atoms with Crippen molar-refractivity contribution in [3.8, 4) is 0 Å². The summed E-state index contributed by atoms with van der Waals surface area (Å²) in [4.78, 5) is 22.0. The first-order valence-corrected chi connectivity index (χ1v) is 10.5. The topological polar surface area (TPSA) is 62.6 Å². The third-order valence-electron chi connectivity index (χ3n) is 5.97. The number of aromatic nitrogens is 2. The van der Waals surface area contributed by atoms with E-state index in [0.29, 0.717) is 0 Å². The number of benzene rings is 1. The van der Waals surface area contributed by atoms with Crippen LogP contribution in [0.1, 0.15) is 19.3 Å². The predicted octanol–water partition coefficient (Wildman–Crippen LogP) is 1.63. The van der Waals surface area contributed by atoms with Gasteiger partial charge in [-0.3, -0.25) is 9.69 Å². The van der Waals surface area contributed by atoms with E-state index >= 15 is 0 Å². The Labute approximate surface area is 166 Å². The Kier molecular flexibility index (Phi) is 6.12. The van der Waals surface area contributed by atoms with Gasteiger partial charge in [0.2, 0.25) is 11.9 Å². The summed E-state index contributed by atoms with van der Waals surface area (Å²) in [7, 11) is 2.07. The van der Waals surface area contributed by atoms with Gasteiger partial charge in [0.1, 0.15) is 0 Å². The lowest BCUT2D eigenvalue weighted by Gasteiger charge is -2.32. The van der Waals surface area contributed by atoms with Gasteiger partial charge in [0.15, 0.2) is 0 Å². The summed E-state index contributed by atoms with van der Waals surface area (Å²) < 4.78 is 7.52. The standard InChI is InChI=1S/C21H31N5O2/c1-24-19-6-3-2-5-18(19)23-21(24)26-11-7-17(8-12-26)20(27)22-9-4-10-25-13-15-28-16-14-25/h2-3,5-6,17H,4,7-16H2,1H3,(H,22,27). The van der Waals surface area contributed by atoms with Crippen molar-refractivity contribution in [2.24, 2.45) is 13.0 Å². The Morgan fingerprint density at radius 1 is 1.18 bits per heavy atom. The van der Waals surface area contributed by atoms with Crippen molar-refractivity contribution in [3.05, 3.63) is 24.3 Å². The van der Waals surface area contributed by atoms with Crippen LogP contribution in [-0.2, 0) is 16.6 Å². The van der Waals surface area contributed by atoms with E-state index in [1.807, 2.05) is 12.1 Å². The maximum Gasteiger partial charge on any atom is 0.223 e. The van der Waals surface area contributed by atoms with Crippen LogP contribution in [0.25, 0.3) is 11.0 Å². The molecule has 2 saturated heterocycles. The van der Waals surface area contributed by atoms with E-state index in [0.717, 1.165) is 88.7 Å². The molecule has 152 valence electrons. The summed E-state index contributed by atoms with van der Waals surface area (Å²) in [5, 5.41) is 3.14. The van der Waals surface area contributed by atoms with Gasteiger partial charge in [-0.25, -0.2) is 4.98 Å². The van der Waals surface area contributed by atoms with Gasteiger partial charge in [-0.05, 0) is 37.9 Å². The minimum absolute atomic E-state index is 0.120. The molecule has 4 rings (SSSR count). The first-order chi connectivity index (χ1) is 13.7. The number of anilines is 1. The maximum atomic E-state index is 12.5. The zero-order valence-electron chi connectivity index (χ0n) is 16.8. The van der Waals surface area contributed by atoms with Gasteiger partial charge in [0, 0.05) is 45.7 Å². The highest BCUT2D eigenvalue weighted by molar-refractivity contribution is 5.80. The van der Waals surface area contributed by atoms with Gasteiger partial charge < -0.3 is 19.5 Å². The molecule has 0 saturated carbocycles. The normalized spacial score (nSPS) is 19.2. The number of rotatable bonds is 6. The number of nitrogens with one attached hydrogen (secondary N) is 1. The van der Waals surface area contributed by atoms with Gasteiger partial charge in [-0.15, -0.1) is 0 Å². The number of amides is 1. The number of piperidine rings is 1. The molecule has 7 heteroatoms. The Morgan fingerprint density at radius 3 is 2.68 bits per heavy atom. The number of morpholine rings is 1. The number of imidazole rings is 1. The SMILES string of the molecule is Cn1c(N2CCC(C(=O)NCCCN3CCOCC3)CC2)nc2ccccc21. The average molecular weight is 386 g/mol. The monoisotopic (exact) mass is 385 g/mol. The molecule has 1 N–H and O–H groups in total. The lowest BCUT2D eigenvalue weighted by atomic mass is 9.96. The smallest absolute Gasteiger partial charge is 0.223 e. The van der Waals surface area contributed by atoms with Crippen LogP contribution in [0.2, 0.25) is 0 Å². The largest absolute Gasteiger partial charge is 0.379 e. The van der Waals surface area contributed by atoms with Crippen LogP contribution in [0.15, 0.2) is 24.3 Å². The number of hydrogen-bond donors (Lipinski definition) is 1. The second-order valence-corrected chi connectivity index (χ2v) is 7.82. The van der Waals surface area contributed by atoms with Crippen molar-refractivity contribution in [2.75, 3.05) is 57.4 Å². The molecule has 0 atom stereocenters. The number of ether oxygens (including phenoxy) is 1. The van der Waals surface area contributed by atoms with Gasteiger partial charge in [0.05, 0.1) is 24.2 Å². The van der Waals surface area contributed by atoms with E-state index in [-0.39, 0.29) is 11.8 Å². The molecule has 2 aliphatic rings. The van der Waals surface area contributed by atoms with E-state index in [1.165, 1.54) is 0 Å². The summed E-state index contributed by atoms with van der Waals surface area (Å²) in [5.41, 5.74) is 2.18. The lowest BCUT2D eigenvalue weighted by Crippen LogP contribution is -2.42. The molecule has 0 unspecified atom stereocenters. The average Bonchev–Trinajstić information content (AvgIpc) is 3.09. The Morgan fingerprint density at radius 2 is 1.93 bits per heavy atom. The number of fused-ring (bicyclic) bond motifs is 1. The Balaban J connectivity index is 1.22. The Bertz CT molecular complexity index is 791. The molecule has 2 aliphatic heterocycles. The molecule has 1 amide bonds. The molecule has 2 aromatic rings. The van der Waals surface area contributed by atoms with Gasteiger partial charge in [-0.2, -0.15) is 0 Å². The number of hydrogen-bond acceptors (Lipinski definition) is 5. The van der Waals surface area contributed by atoms with Crippen LogP contribution in [0.3, 0.4) is 0 Å². The molecule has 7 nitrogen and oxygen atoms in total. The molecule has 2 fully saturated rings. The Hall–Kier alpha value is -2.12. The van der Waals surface area contributed by atoms with Crippen molar-refractivity contribution in [3.63, 3.8) is 0 Å². The van der Waals surface area contributed by atoms with Crippen LogP contribution in [0.4, 0.5) is 5.95 Å². The fourth-order valence-corrected chi connectivity index (χ4v) is 4.24. The van der Waals surface area contributed by atoms with Crippen LogP contribution in [0.5, 0.6) is 0 Å². The number of aryl methyl sites for hydroxylation is 1. The van der Waals surface area contributed by atoms with Crippen LogP contribution < -0.4 is 10.2 Å². The summed E-state index contributed by atoms with van der Waals surface area (Å²) in [6, 6.07) is 8.22. The quantitative estimate of drug-likeness (QED) is 0.766. The van der Waals surface area contributed by atoms with E-state index in [9.17, 15) is 4.79 Å². The van der Waals surface area contributed by atoms with Crippen molar-refractivity contribution in [1.82, 2.24) is 19.8 Å². The fourth-order valence-electron chi connectivity index (χ4n) is 4.24. The number of carbonyl (C=O) groups is 1. The minimum atomic E-state index is 0.120. The van der Waals surface area contributed by atoms with Crippen molar-refractivity contribution in [1.29, 1.82) is 0 Å². The number of para-hydroxylation sites is 2. The molecule has 0 spiro atoms. The summed E-state index contributed by atoms with van der Waals surface area (Å²) in [6.07, 6.45) is 2.78. The minimum Gasteiger partial charge on any atom is -0.379 e. The molecule has 1 aromatic carbocycles. The van der Waals surface area contributed by atoms with Crippen molar-refractivity contribution >= 4 is 22.9 Å². The molecular weight excluding hydrogens is 354 g/mol. The number of carbonyl (C=O) groups excluding carboxylic acids is 1. The zero-order chi connectivity index (χ0) is 19.3. The van der Waals surface area contributed by atoms with Gasteiger partial charge in [-0.1, -0.05) is 12.1 Å². The van der Waals surface area contributed by atoms with Crippen molar-refractivity contribution in [2.45, 2.75) is 19.3 Å². The predicted molar refractivity (Wildman–Crippen MR) is 111 cm³/mol. The van der Waals surface area contributed by atoms with Crippen LogP contribution in [-0.4, -0.2) is 72.8 Å². The van der Waals surface area contributed by atoms with E-state index in [2.05, 4.69) is 38.9 Å². The third kappa shape index (κ3) is 4.31. The van der Waals surface area contributed by atoms with Crippen LogP contribution in [0, 0.1) is 5.92 Å². The first-order valence-electron chi connectivity index (χ1n) is 10.5. The second-order valence-electron chi connectivity index (χ2n) is 7.82. The fraction of sp³-hybridized carbons (Fsp3) is 0.619. The third-order valence-corrected chi connectivity index (χ3v) is 5.97. The van der Waals surface area contributed by atoms with E-state index in [1.54, 1.807) is 0 Å². The highest BCUT2D eigenvalue weighted by Gasteiger charge is 2.27. The molecule has 1 aromatic heterocycles. The van der Waals surface area contributed by atoms with E-state index < -0.39 is 0 Å². The summed E-state index contributed by atoms with van der Waals surface area (Å²) >= 11 is 0. The maximum absolute atomic E-state index is 12.5. The van der Waals surface area contributed by atoms with Crippen LogP contribution >= 0.6 is 0 Å². The zero-order valence-corrected chi connectivity index (χ0v) is 16.8. The summed E-state index contributed by atoms with van der Waals surface area (Å²) in [6.45, 7) is 7.23. The van der Waals surface area contributed by atoms with Gasteiger partial charge in [0.25, 0.3) is 0 Å². The highest BCUT2D eigenvalue weighted by atomic mass is 16.5. The molecule has 28 heavy (non-hydrogen) atoms. The molecular formula is C21H31N5O2. The van der Waals surface area contributed by atoms with E-state index in [4.69, 9.17) is 9.72 Å². The van der Waals surface area contributed by atoms with Gasteiger partial charge >= 0.3 is 0 Å². The number of nitrogens with zero attached hydrogens (tertiary/aromatic N) is 4. The molecule has 3 heterocycles. The van der Waals surface area contributed by atoms with Crippen molar-refractivity contribution < 1.29 is 9.53 Å². The highest BCUT2D eigenvalue weighted by Crippen LogP contribution is 2.25. The molecule has 0 radical (unpaired) electrons. The molecule has 0 bridgehead atoms. The lowest BCUT2D eigenvalue weighted by molar-refractivity contribution is -0.125. The second kappa shape index (κ2) is 8.92. The summed E-state index contributed by atoms with van der Waals surface area (Å²) in [5.74, 6) is 1.34. The first kappa shape index (κ1) is 19.2. The molecule has 0 aliphatic carbocycles.